The lowest BCUT2D eigenvalue weighted by atomic mass is 9.93. The van der Waals surface area contributed by atoms with Gasteiger partial charge in [-0.1, -0.05) is 54.6 Å². The number of rotatable bonds is 6. The normalized spacial score (nSPS) is 15.0. The first kappa shape index (κ1) is 21.2. The Hall–Kier alpha value is -4.00. The Morgan fingerprint density at radius 1 is 1.12 bits per heavy atom. The third kappa shape index (κ3) is 4.23. The second kappa shape index (κ2) is 9.01. The van der Waals surface area contributed by atoms with Gasteiger partial charge in [-0.2, -0.15) is 0 Å². The number of amides is 1. The first-order valence-electron chi connectivity index (χ1n) is 10.3. The zero-order chi connectivity index (χ0) is 22.7. The van der Waals surface area contributed by atoms with Crippen LogP contribution in [0.5, 0.6) is 5.75 Å². The maximum atomic E-state index is 13.4. The van der Waals surface area contributed by atoms with Gasteiger partial charge in [0.15, 0.2) is 0 Å². The minimum absolute atomic E-state index is 0.0502. The Morgan fingerprint density at radius 3 is 2.50 bits per heavy atom. The Morgan fingerprint density at radius 2 is 1.81 bits per heavy atom. The summed E-state index contributed by atoms with van der Waals surface area (Å²) in [5.41, 5.74) is 3.08. The van der Waals surface area contributed by atoms with Crippen molar-refractivity contribution in [3.05, 3.63) is 105 Å². The van der Waals surface area contributed by atoms with Crippen LogP contribution in [0.3, 0.4) is 0 Å². The molecule has 1 heterocycles. The van der Waals surface area contributed by atoms with E-state index in [-0.39, 0.29) is 24.4 Å². The Kier molecular flexibility index (Phi) is 5.98. The predicted octanol–water partition coefficient (Wildman–Crippen LogP) is 4.25. The van der Waals surface area contributed by atoms with Crippen molar-refractivity contribution >= 4 is 17.9 Å². The largest absolute Gasteiger partial charge is 0.488 e. The van der Waals surface area contributed by atoms with Gasteiger partial charge in [-0.25, -0.2) is 0 Å². The molecule has 7 nitrogen and oxygen atoms in total. The third-order valence-electron chi connectivity index (χ3n) is 5.66. The number of nitrogens with zero attached hydrogens (tertiary/aromatic N) is 2. The monoisotopic (exact) mass is 430 g/mol. The van der Waals surface area contributed by atoms with Gasteiger partial charge in [-0.15, -0.1) is 0 Å². The molecule has 1 atom stereocenters. The van der Waals surface area contributed by atoms with Gasteiger partial charge in [0.1, 0.15) is 24.2 Å². The van der Waals surface area contributed by atoms with Gasteiger partial charge in [-0.05, 0) is 35.2 Å². The molecule has 0 saturated heterocycles. The average Bonchev–Trinajstić information content (AvgIpc) is 2.82. The maximum Gasteiger partial charge on any atom is 0.285 e. The summed E-state index contributed by atoms with van der Waals surface area (Å²) in [4.78, 5) is 37.7. The number of aldehydes is 1. The molecule has 1 aliphatic heterocycles. The number of fused-ring (bicyclic) bond motifs is 1. The first-order chi connectivity index (χ1) is 15.5. The van der Waals surface area contributed by atoms with E-state index in [1.807, 2.05) is 54.6 Å². The van der Waals surface area contributed by atoms with Crippen LogP contribution < -0.4 is 4.74 Å². The van der Waals surface area contributed by atoms with Crippen LogP contribution in [-0.2, 0) is 24.4 Å². The quantitative estimate of drug-likeness (QED) is 0.331. The summed E-state index contributed by atoms with van der Waals surface area (Å²) in [5, 5.41) is 11.8. The molecule has 0 spiro atoms. The van der Waals surface area contributed by atoms with E-state index in [1.54, 1.807) is 6.92 Å². The number of ether oxygens (including phenoxy) is 1. The highest BCUT2D eigenvalue weighted by Crippen LogP contribution is 2.32. The van der Waals surface area contributed by atoms with Gasteiger partial charge in [0, 0.05) is 13.0 Å². The molecule has 0 fully saturated rings. The van der Waals surface area contributed by atoms with Crippen LogP contribution in [0.1, 0.15) is 32.6 Å². The molecule has 7 heteroatoms. The molecule has 3 aromatic rings. The van der Waals surface area contributed by atoms with Crippen molar-refractivity contribution in [2.45, 2.75) is 32.5 Å². The highest BCUT2D eigenvalue weighted by molar-refractivity contribution is 6.00. The number of hydrogen-bond acceptors (Lipinski definition) is 5. The fourth-order valence-electron chi connectivity index (χ4n) is 3.94. The number of benzene rings is 3. The molecule has 0 aliphatic carbocycles. The topological polar surface area (TPSA) is 89.8 Å². The minimum Gasteiger partial charge on any atom is -0.488 e. The highest BCUT2D eigenvalue weighted by Gasteiger charge is 2.34. The molecule has 3 aromatic carbocycles. The zero-order valence-electron chi connectivity index (χ0n) is 17.6. The lowest BCUT2D eigenvalue weighted by Crippen LogP contribution is -2.45. The van der Waals surface area contributed by atoms with Crippen LogP contribution in [0.4, 0.5) is 5.69 Å². The van der Waals surface area contributed by atoms with Crippen LogP contribution in [0.15, 0.2) is 66.7 Å². The van der Waals surface area contributed by atoms with Gasteiger partial charge < -0.3 is 14.4 Å². The van der Waals surface area contributed by atoms with E-state index >= 15 is 0 Å². The van der Waals surface area contributed by atoms with Gasteiger partial charge in [0.2, 0.25) is 0 Å². The minimum atomic E-state index is -0.675. The van der Waals surface area contributed by atoms with Crippen molar-refractivity contribution in [2.24, 2.45) is 0 Å². The average molecular weight is 430 g/mol. The van der Waals surface area contributed by atoms with Crippen molar-refractivity contribution in [3.8, 4) is 5.75 Å². The summed E-state index contributed by atoms with van der Waals surface area (Å²) in [7, 11) is 0. The standard InChI is InChI=1S/C25H22N2O5/c1-17-11-22(23(27(30)31)13-24(17)32-16-18-7-3-2-4-8-18)25(29)26-14-20-10-6-5-9-19(20)12-21(26)15-28/h2-11,13,15,21H,12,14,16H2,1H3/t21-/m0/s1. The summed E-state index contributed by atoms with van der Waals surface area (Å²) in [6.45, 7) is 2.21. The number of aryl methyl sites for hydroxylation is 1. The van der Waals surface area contributed by atoms with Crippen LogP contribution in [0.2, 0.25) is 0 Å². The fourth-order valence-corrected chi connectivity index (χ4v) is 3.94. The van der Waals surface area contributed by atoms with E-state index in [0.717, 1.165) is 23.0 Å². The molecular formula is C25H22N2O5. The third-order valence-corrected chi connectivity index (χ3v) is 5.66. The fraction of sp³-hybridized carbons (Fsp3) is 0.200. The summed E-state index contributed by atoms with van der Waals surface area (Å²) in [5.74, 6) is -0.200. The number of nitro benzene ring substituents is 1. The Balaban J connectivity index is 1.65. The van der Waals surface area contributed by atoms with Gasteiger partial charge in [0.05, 0.1) is 17.0 Å². The van der Waals surface area contributed by atoms with Gasteiger partial charge in [0.25, 0.3) is 11.6 Å². The molecule has 0 N–H and O–H groups in total. The second-order valence-electron chi connectivity index (χ2n) is 7.78. The number of nitro groups is 1. The molecule has 0 bridgehead atoms. The summed E-state index contributed by atoms with van der Waals surface area (Å²) in [6, 6.07) is 19.1. The molecule has 0 saturated carbocycles. The molecule has 0 unspecified atom stereocenters. The molecule has 0 radical (unpaired) electrons. The molecule has 32 heavy (non-hydrogen) atoms. The van der Waals surface area contributed by atoms with E-state index in [1.165, 1.54) is 17.0 Å². The molecule has 0 aromatic heterocycles. The summed E-state index contributed by atoms with van der Waals surface area (Å²) >= 11 is 0. The van der Waals surface area contributed by atoms with Gasteiger partial charge in [-0.3, -0.25) is 14.9 Å². The molecular weight excluding hydrogens is 408 g/mol. The Bertz CT molecular complexity index is 1180. The molecule has 4 rings (SSSR count). The van der Waals surface area contributed by atoms with Crippen LogP contribution in [0, 0.1) is 17.0 Å². The van der Waals surface area contributed by atoms with E-state index in [0.29, 0.717) is 17.7 Å². The van der Waals surface area contributed by atoms with E-state index in [4.69, 9.17) is 4.74 Å². The molecule has 162 valence electrons. The van der Waals surface area contributed by atoms with Gasteiger partial charge >= 0.3 is 0 Å². The van der Waals surface area contributed by atoms with E-state index in [9.17, 15) is 19.7 Å². The number of carbonyl (C=O) groups is 2. The number of hydrogen-bond donors (Lipinski definition) is 0. The van der Waals surface area contributed by atoms with Crippen molar-refractivity contribution in [2.75, 3.05) is 0 Å². The SMILES string of the molecule is Cc1cc(C(=O)N2Cc3ccccc3C[C@H]2C=O)c([N+](=O)[O-])cc1OCc1ccccc1. The van der Waals surface area contributed by atoms with Crippen molar-refractivity contribution < 1.29 is 19.2 Å². The van der Waals surface area contributed by atoms with Crippen molar-refractivity contribution in [3.63, 3.8) is 0 Å². The van der Waals surface area contributed by atoms with E-state index in [2.05, 4.69) is 0 Å². The summed E-state index contributed by atoms with van der Waals surface area (Å²) < 4.78 is 5.80. The van der Waals surface area contributed by atoms with Crippen LogP contribution >= 0.6 is 0 Å². The molecule has 1 amide bonds. The van der Waals surface area contributed by atoms with Crippen LogP contribution in [-0.4, -0.2) is 28.1 Å². The van der Waals surface area contributed by atoms with Crippen molar-refractivity contribution in [1.82, 2.24) is 4.90 Å². The maximum absolute atomic E-state index is 13.4. The lowest BCUT2D eigenvalue weighted by Gasteiger charge is -2.34. The Labute approximate surface area is 185 Å². The molecule has 1 aliphatic rings. The van der Waals surface area contributed by atoms with Crippen LogP contribution in [0.25, 0.3) is 0 Å². The van der Waals surface area contributed by atoms with Crippen molar-refractivity contribution in [1.29, 1.82) is 0 Å². The zero-order valence-corrected chi connectivity index (χ0v) is 17.6. The smallest absolute Gasteiger partial charge is 0.285 e. The predicted molar refractivity (Wildman–Crippen MR) is 118 cm³/mol. The summed E-state index contributed by atoms with van der Waals surface area (Å²) in [6.07, 6.45) is 1.11. The van der Waals surface area contributed by atoms with E-state index < -0.39 is 16.9 Å². The first-order valence-corrected chi connectivity index (χ1v) is 10.3. The lowest BCUT2D eigenvalue weighted by molar-refractivity contribution is -0.385. The highest BCUT2D eigenvalue weighted by atomic mass is 16.6. The second-order valence-corrected chi connectivity index (χ2v) is 7.78. The number of carbonyl (C=O) groups excluding carboxylic acids is 2.